The molecular weight excluding hydrogens is 444 g/mol. The number of H-pyrrole nitrogens is 1. The Hall–Kier alpha value is -4.63. The van der Waals surface area contributed by atoms with Crippen LogP contribution in [0, 0.1) is 0 Å². The van der Waals surface area contributed by atoms with E-state index in [0.29, 0.717) is 22.9 Å². The van der Waals surface area contributed by atoms with Crippen LogP contribution in [-0.2, 0) is 14.3 Å². The summed E-state index contributed by atoms with van der Waals surface area (Å²) in [4.78, 5) is 34.1. The molecule has 0 radical (unpaired) electrons. The largest absolute Gasteiger partial charge is 0.459 e. The Morgan fingerprint density at radius 1 is 0.971 bits per heavy atom. The lowest BCUT2D eigenvalue weighted by atomic mass is 10.1. The third-order valence-corrected chi connectivity index (χ3v) is 5.92. The van der Waals surface area contributed by atoms with Crippen molar-refractivity contribution in [3.63, 3.8) is 0 Å². The number of rotatable bonds is 4. The smallest absolute Gasteiger partial charge is 0.437 e. The molecule has 0 saturated carbocycles. The van der Waals surface area contributed by atoms with Crippen molar-refractivity contribution in [1.82, 2.24) is 24.6 Å². The molecule has 0 atom stereocenters. The van der Waals surface area contributed by atoms with Gasteiger partial charge >= 0.3 is 11.9 Å². The molecule has 174 valence electrons. The maximum Gasteiger partial charge on any atom is 0.437 e. The van der Waals surface area contributed by atoms with Gasteiger partial charge in [-0.25, -0.2) is 24.0 Å². The number of carbonyl (C=O) groups is 2. The van der Waals surface area contributed by atoms with E-state index in [2.05, 4.69) is 20.3 Å². The zero-order chi connectivity index (χ0) is 24.6. The number of amides is 1. The number of methoxy groups -OCH3 is 1. The summed E-state index contributed by atoms with van der Waals surface area (Å²) < 4.78 is 4.33. The van der Waals surface area contributed by atoms with Crippen LogP contribution in [0.25, 0.3) is 33.2 Å². The number of esters is 1. The first-order valence-corrected chi connectivity index (χ1v) is 10.9. The first kappa shape index (κ1) is 22.2. The molecule has 0 aliphatic carbocycles. The van der Waals surface area contributed by atoms with Gasteiger partial charge < -0.3 is 10.1 Å². The predicted octanol–water partition coefficient (Wildman–Crippen LogP) is 4.18. The van der Waals surface area contributed by atoms with Gasteiger partial charge in [0.2, 0.25) is 0 Å². The molecule has 35 heavy (non-hydrogen) atoms. The highest BCUT2D eigenvalue weighted by Crippen LogP contribution is 2.30. The van der Waals surface area contributed by atoms with Gasteiger partial charge in [0.05, 0.1) is 38.4 Å². The van der Waals surface area contributed by atoms with Gasteiger partial charge in [0.15, 0.2) is 5.82 Å². The van der Waals surface area contributed by atoms with Crippen LogP contribution in [0.2, 0.25) is 0 Å². The number of carbonyl (C=O) groups excluding carboxylic acids is 2. The zero-order valence-electron chi connectivity index (χ0n) is 19.4. The van der Waals surface area contributed by atoms with E-state index in [0.717, 1.165) is 27.5 Å². The number of benzene rings is 3. The second-order valence-corrected chi connectivity index (χ2v) is 8.51. The van der Waals surface area contributed by atoms with E-state index in [1.165, 1.54) is 7.11 Å². The van der Waals surface area contributed by atoms with Crippen LogP contribution in [0.4, 0.5) is 17.2 Å². The minimum Gasteiger partial charge on any atom is -0.459 e. The minimum absolute atomic E-state index is 0.302. The fraction of sp³-hybridized carbons (Fsp3) is 0.115. The van der Waals surface area contributed by atoms with E-state index in [1.54, 1.807) is 26.4 Å². The first-order chi connectivity index (χ1) is 16.9. The Balaban J connectivity index is 1.58. The van der Waals surface area contributed by atoms with Crippen LogP contribution in [-0.4, -0.2) is 53.2 Å². The third-order valence-electron chi connectivity index (χ3n) is 5.92. The zero-order valence-corrected chi connectivity index (χ0v) is 19.4. The molecule has 9 heteroatoms. The van der Waals surface area contributed by atoms with E-state index in [-0.39, 0.29) is 4.48 Å². The highest BCUT2D eigenvalue weighted by Gasteiger charge is 2.36. The van der Waals surface area contributed by atoms with Crippen LogP contribution in [0.3, 0.4) is 0 Å². The number of nitrogens with one attached hydrogen (secondary N) is 2. The Bertz CT molecular complexity index is 1590. The number of aromatic nitrogens is 4. The van der Waals surface area contributed by atoms with Crippen LogP contribution in [0.5, 0.6) is 0 Å². The molecule has 0 bridgehead atoms. The van der Waals surface area contributed by atoms with Gasteiger partial charge in [0.25, 0.3) is 0 Å². The quantitative estimate of drug-likeness (QED) is 0.232. The summed E-state index contributed by atoms with van der Waals surface area (Å²) >= 11 is 0. The lowest BCUT2D eigenvalue weighted by Crippen LogP contribution is -2.50. The third kappa shape index (κ3) is 4.09. The summed E-state index contributed by atoms with van der Waals surface area (Å²) in [5.74, 6) is -0.439. The predicted molar refractivity (Wildman–Crippen MR) is 135 cm³/mol. The summed E-state index contributed by atoms with van der Waals surface area (Å²) in [6.45, 7) is 0. The van der Waals surface area contributed by atoms with Gasteiger partial charge in [-0.1, -0.05) is 24.3 Å². The molecule has 0 saturated heterocycles. The van der Waals surface area contributed by atoms with Crippen molar-refractivity contribution in [2.75, 3.05) is 26.5 Å². The fourth-order valence-corrected chi connectivity index (χ4v) is 3.88. The Kier molecular flexibility index (Phi) is 5.46. The van der Waals surface area contributed by atoms with Gasteiger partial charge in [-0.3, -0.25) is 5.10 Å². The Labute approximate surface area is 201 Å². The number of quaternary nitrogens is 1. The molecule has 2 aromatic heterocycles. The molecule has 5 aromatic rings. The van der Waals surface area contributed by atoms with Crippen LogP contribution in [0.15, 0.2) is 72.9 Å². The average Bonchev–Trinajstić information content (AvgIpc) is 3.35. The monoisotopic (exact) mass is 467 g/mol. The molecule has 5 rings (SSSR count). The number of fused-ring (bicyclic) bond motifs is 2. The van der Waals surface area contributed by atoms with Gasteiger partial charge in [-0.05, 0) is 36.4 Å². The number of nitrogens with zero attached hydrogens (tertiary/aromatic N) is 4. The second kappa shape index (κ2) is 8.62. The van der Waals surface area contributed by atoms with Crippen molar-refractivity contribution in [1.29, 1.82) is 0 Å². The summed E-state index contributed by atoms with van der Waals surface area (Å²) in [5.41, 5.74) is 3.90. The van der Waals surface area contributed by atoms with Crippen molar-refractivity contribution in [2.45, 2.75) is 0 Å². The highest BCUT2D eigenvalue weighted by atomic mass is 16.5. The molecule has 2 N–H and O–H groups in total. The van der Waals surface area contributed by atoms with Crippen LogP contribution in [0.1, 0.15) is 0 Å². The number of anilines is 2. The topological polar surface area (TPSA) is 110 Å². The van der Waals surface area contributed by atoms with Gasteiger partial charge in [0.1, 0.15) is 11.5 Å². The first-order valence-electron chi connectivity index (χ1n) is 10.9. The minimum atomic E-state index is -0.900. The molecule has 0 spiro atoms. The molecular formula is C26H23N6O3+. The maximum atomic E-state index is 12.6. The van der Waals surface area contributed by atoms with E-state index in [1.807, 2.05) is 60.7 Å². The van der Waals surface area contributed by atoms with Crippen molar-refractivity contribution in [2.24, 2.45) is 0 Å². The summed E-state index contributed by atoms with van der Waals surface area (Å²) in [6.07, 6.45) is 1.77. The molecule has 0 fully saturated rings. The van der Waals surface area contributed by atoms with E-state index < -0.39 is 11.9 Å². The Morgan fingerprint density at radius 3 is 2.63 bits per heavy atom. The average molecular weight is 468 g/mol. The fourth-order valence-electron chi connectivity index (χ4n) is 3.88. The number of aromatic amines is 1. The van der Waals surface area contributed by atoms with Crippen LogP contribution < -0.4 is 9.80 Å². The second-order valence-electron chi connectivity index (χ2n) is 8.51. The number of hydrogen-bond donors (Lipinski definition) is 2. The summed E-state index contributed by atoms with van der Waals surface area (Å²) in [5, 5.41) is 12.3. The number of likely N-dealkylation sites (N-methyl/N-ethyl adjacent to an activating group) is 1. The molecule has 0 unspecified atom stereocenters. The number of para-hydroxylation sites is 1. The standard InChI is InChI=1S/C26H23N6O3/c1-32(2,25(33)26(34)35-3)19-8-6-7-16(14-19)23-29-22-10-5-4-9-20(22)24(30-23)28-18-11-12-21-17(13-18)15-27-31-21/h4-15H,1-3H3,(H,27,31)(H,28,29,30)/q+1. The van der Waals surface area contributed by atoms with Crippen molar-refractivity contribution >= 4 is 50.9 Å². The number of hydrogen-bond acceptors (Lipinski definition) is 7. The lowest BCUT2D eigenvalue weighted by molar-refractivity contribution is -0.156. The lowest BCUT2D eigenvalue weighted by Gasteiger charge is -2.25. The summed E-state index contributed by atoms with van der Waals surface area (Å²) in [7, 11) is 4.47. The van der Waals surface area contributed by atoms with Gasteiger partial charge in [-0.15, -0.1) is 0 Å². The van der Waals surface area contributed by atoms with Gasteiger partial charge in [-0.2, -0.15) is 5.10 Å². The summed E-state index contributed by atoms with van der Waals surface area (Å²) in [6, 6.07) is 20.9. The molecule has 0 aliphatic heterocycles. The number of ether oxygens (including phenoxy) is 1. The van der Waals surface area contributed by atoms with E-state index >= 15 is 0 Å². The van der Waals surface area contributed by atoms with E-state index in [4.69, 9.17) is 9.97 Å². The maximum absolute atomic E-state index is 12.6. The SMILES string of the molecule is COC(=O)C(=O)[N+](C)(C)c1cccc(-c2nc(Nc3ccc4[nH]ncc4c3)c3ccccc3n2)c1. The van der Waals surface area contributed by atoms with Crippen LogP contribution >= 0.6 is 0 Å². The molecule has 3 aromatic carbocycles. The van der Waals surface area contributed by atoms with Crippen molar-refractivity contribution in [3.05, 3.63) is 72.9 Å². The molecule has 1 amide bonds. The molecule has 9 nitrogen and oxygen atoms in total. The molecule has 0 aliphatic rings. The van der Waals surface area contributed by atoms with Crippen molar-refractivity contribution in [3.8, 4) is 11.4 Å². The van der Waals surface area contributed by atoms with Gasteiger partial charge in [0, 0.05) is 28.1 Å². The highest BCUT2D eigenvalue weighted by molar-refractivity contribution is 6.35. The Morgan fingerprint density at radius 2 is 1.80 bits per heavy atom. The normalized spacial score (nSPS) is 11.5. The molecule has 2 heterocycles. The van der Waals surface area contributed by atoms with E-state index in [9.17, 15) is 9.59 Å². The van der Waals surface area contributed by atoms with Crippen molar-refractivity contribution < 1.29 is 14.3 Å².